The fourth-order valence-corrected chi connectivity index (χ4v) is 4.77. The molecule has 0 spiro atoms. The molecule has 3 aromatic rings. The quantitative estimate of drug-likeness (QED) is 0.509. The highest BCUT2D eigenvalue weighted by molar-refractivity contribution is 5.74. The number of hydrogen-bond donors (Lipinski definition) is 2. The van der Waals surface area contributed by atoms with Gasteiger partial charge in [-0.1, -0.05) is 18.1 Å². The van der Waals surface area contributed by atoms with Gasteiger partial charge in [0.25, 0.3) is 0 Å². The molecular weight excluding hydrogens is 471 g/mol. The van der Waals surface area contributed by atoms with Crippen molar-refractivity contribution in [2.24, 2.45) is 0 Å². The monoisotopic (exact) mass is 502 g/mol. The number of phenolic OH excluding ortho intramolecular Hbond substituents is 1. The molecule has 2 aromatic heterocycles. The van der Waals surface area contributed by atoms with E-state index in [-0.39, 0.29) is 24.5 Å². The molecule has 0 radical (unpaired) electrons. The number of benzene rings is 1. The third-order valence-electron chi connectivity index (χ3n) is 7.14. The van der Waals surface area contributed by atoms with Gasteiger partial charge in [-0.3, -0.25) is 4.90 Å². The number of rotatable bonds is 5. The highest BCUT2D eigenvalue weighted by Gasteiger charge is 2.27. The van der Waals surface area contributed by atoms with Gasteiger partial charge in [0.05, 0.1) is 17.9 Å². The maximum absolute atomic E-state index is 12.9. The summed E-state index contributed by atoms with van der Waals surface area (Å²) in [4.78, 5) is 15.5. The van der Waals surface area contributed by atoms with Crippen molar-refractivity contribution < 1.29 is 9.50 Å². The maximum Gasteiger partial charge on any atom is 0.206 e. The Hall–Kier alpha value is -3.97. The molecule has 2 aliphatic heterocycles. The maximum atomic E-state index is 12.9. The summed E-state index contributed by atoms with van der Waals surface area (Å²) in [5.41, 5.74) is 8.23. The van der Waals surface area contributed by atoms with Gasteiger partial charge < -0.3 is 20.6 Å². The summed E-state index contributed by atoms with van der Waals surface area (Å²) >= 11 is 0. The van der Waals surface area contributed by atoms with Crippen molar-refractivity contribution in [1.82, 2.24) is 25.1 Å². The number of anilines is 3. The van der Waals surface area contributed by atoms with Gasteiger partial charge in [0.1, 0.15) is 18.2 Å². The number of aromatic nitrogens is 4. The summed E-state index contributed by atoms with van der Waals surface area (Å²) in [7, 11) is 0. The minimum Gasteiger partial charge on any atom is -0.507 e. The number of nitrogens with zero attached hydrogens (tertiary/aromatic N) is 7. The third kappa shape index (κ3) is 5.42. The Bertz CT molecular complexity index is 1310. The number of hydrogen-bond acceptors (Lipinski definition) is 9. The smallest absolute Gasteiger partial charge is 0.206 e. The van der Waals surface area contributed by atoms with Crippen LogP contribution in [0.15, 0.2) is 42.6 Å². The SMILES string of the molecule is C[C@H]1CCN(c2cc(-c3ccccc3O)nnc2N)CCN1c1ccnc(C#CCN2CC[C@@H]2CF)n1. The Kier molecular flexibility index (Phi) is 7.32. The molecule has 2 saturated heterocycles. The van der Waals surface area contributed by atoms with Gasteiger partial charge in [-0.25, -0.2) is 14.4 Å². The molecule has 5 rings (SSSR count). The Morgan fingerprint density at radius 1 is 1.11 bits per heavy atom. The predicted octanol–water partition coefficient (Wildman–Crippen LogP) is 2.72. The van der Waals surface area contributed by atoms with Crippen molar-refractivity contribution >= 4 is 17.3 Å². The molecule has 9 nitrogen and oxygen atoms in total. The van der Waals surface area contributed by atoms with Crippen LogP contribution in [0, 0.1) is 11.8 Å². The molecule has 0 saturated carbocycles. The normalized spacial score (nSPS) is 20.1. The van der Waals surface area contributed by atoms with E-state index < -0.39 is 0 Å². The molecule has 2 fully saturated rings. The number of alkyl halides is 1. The molecule has 0 bridgehead atoms. The molecule has 10 heteroatoms. The summed E-state index contributed by atoms with van der Waals surface area (Å²) in [6.07, 6.45) is 3.52. The van der Waals surface area contributed by atoms with Gasteiger partial charge in [0, 0.05) is 50.0 Å². The van der Waals surface area contributed by atoms with E-state index in [1.165, 1.54) is 0 Å². The molecule has 4 heterocycles. The summed E-state index contributed by atoms with van der Waals surface area (Å²) < 4.78 is 12.9. The van der Waals surface area contributed by atoms with E-state index >= 15 is 0 Å². The third-order valence-corrected chi connectivity index (χ3v) is 7.14. The topological polar surface area (TPSA) is 108 Å². The Morgan fingerprint density at radius 2 is 1.97 bits per heavy atom. The molecule has 2 atom stereocenters. The number of para-hydroxylation sites is 1. The van der Waals surface area contributed by atoms with Crippen molar-refractivity contribution in [3.63, 3.8) is 0 Å². The van der Waals surface area contributed by atoms with E-state index in [9.17, 15) is 9.50 Å². The molecule has 1 aromatic carbocycles. The molecular formula is C27H31FN8O. The van der Waals surface area contributed by atoms with Gasteiger partial charge in [-0.15, -0.1) is 10.2 Å². The fourth-order valence-electron chi connectivity index (χ4n) is 4.77. The number of nitrogens with two attached hydrogens (primary N) is 1. The zero-order chi connectivity index (χ0) is 25.8. The van der Waals surface area contributed by atoms with E-state index in [1.54, 1.807) is 18.3 Å². The average Bonchev–Trinajstić information content (AvgIpc) is 3.08. The largest absolute Gasteiger partial charge is 0.507 e. The Labute approximate surface area is 216 Å². The molecule has 2 aliphatic rings. The molecule has 37 heavy (non-hydrogen) atoms. The lowest BCUT2D eigenvalue weighted by Gasteiger charge is -2.37. The summed E-state index contributed by atoms with van der Waals surface area (Å²) in [5.74, 6) is 7.94. The molecule has 0 amide bonds. The second kappa shape index (κ2) is 11.0. The zero-order valence-corrected chi connectivity index (χ0v) is 20.9. The molecule has 192 valence electrons. The number of halogens is 1. The van der Waals surface area contributed by atoms with Crippen LogP contribution in [0.25, 0.3) is 11.3 Å². The Balaban J connectivity index is 1.30. The second-order valence-electron chi connectivity index (χ2n) is 9.44. The van der Waals surface area contributed by atoms with E-state index in [2.05, 4.69) is 43.7 Å². The van der Waals surface area contributed by atoms with Crippen LogP contribution in [0.5, 0.6) is 5.75 Å². The first-order valence-electron chi connectivity index (χ1n) is 12.6. The number of phenols is 1. The summed E-state index contributed by atoms with van der Waals surface area (Å²) in [5, 5.41) is 18.6. The minimum atomic E-state index is -0.325. The van der Waals surface area contributed by atoms with E-state index in [0.29, 0.717) is 36.0 Å². The standard InChI is InChI=1S/C27H31FN8O/c1-19-9-13-35(23-17-22(32-33-27(23)29)21-5-2-3-6-24(21)37)15-16-36(19)26-8-11-30-25(31-26)7-4-12-34-14-10-20(34)18-28/h2-3,5-6,8,11,17,19-20,37H,9-10,12-16,18H2,1H3,(H2,29,33)/t19-,20+/m0/s1. The van der Waals surface area contributed by atoms with Crippen molar-refractivity contribution in [3.05, 3.63) is 48.4 Å². The van der Waals surface area contributed by atoms with E-state index in [4.69, 9.17) is 10.7 Å². The minimum absolute atomic E-state index is 0.00143. The van der Waals surface area contributed by atoms with Crippen LogP contribution in [0.2, 0.25) is 0 Å². The first-order valence-corrected chi connectivity index (χ1v) is 12.6. The fraction of sp³-hybridized carbons (Fsp3) is 0.407. The molecule has 0 aliphatic carbocycles. The van der Waals surface area contributed by atoms with Crippen LogP contribution < -0.4 is 15.5 Å². The lowest BCUT2D eigenvalue weighted by molar-refractivity contribution is 0.0857. The van der Waals surface area contributed by atoms with Crippen molar-refractivity contribution in [1.29, 1.82) is 0 Å². The van der Waals surface area contributed by atoms with Gasteiger partial charge in [0.15, 0.2) is 5.82 Å². The van der Waals surface area contributed by atoms with Gasteiger partial charge in [-0.05, 0) is 50.0 Å². The highest BCUT2D eigenvalue weighted by atomic mass is 19.1. The predicted molar refractivity (Wildman–Crippen MR) is 142 cm³/mol. The van der Waals surface area contributed by atoms with Crippen LogP contribution in [0.3, 0.4) is 0 Å². The zero-order valence-electron chi connectivity index (χ0n) is 20.9. The molecule has 0 unspecified atom stereocenters. The molecule has 3 N–H and O–H groups in total. The first-order chi connectivity index (χ1) is 18.0. The highest BCUT2D eigenvalue weighted by Crippen LogP contribution is 2.32. The Morgan fingerprint density at radius 3 is 2.76 bits per heavy atom. The van der Waals surface area contributed by atoms with Crippen molar-refractivity contribution in [2.75, 3.05) is 54.9 Å². The van der Waals surface area contributed by atoms with Crippen LogP contribution >= 0.6 is 0 Å². The number of nitrogen functional groups attached to an aromatic ring is 1. The van der Waals surface area contributed by atoms with Crippen LogP contribution in [0.4, 0.5) is 21.7 Å². The lowest BCUT2D eigenvalue weighted by atomic mass is 10.1. The average molecular weight is 503 g/mol. The van der Waals surface area contributed by atoms with Crippen molar-refractivity contribution in [2.45, 2.75) is 31.8 Å². The summed E-state index contributed by atoms with van der Waals surface area (Å²) in [6.45, 7) is 5.50. The van der Waals surface area contributed by atoms with Gasteiger partial charge in [-0.2, -0.15) is 0 Å². The van der Waals surface area contributed by atoms with Crippen LogP contribution in [-0.4, -0.2) is 81.7 Å². The lowest BCUT2D eigenvalue weighted by Crippen LogP contribution is -2.48. The van der Waals surface area contributed by atoms with Gasteiger partial charge >= 0.3 is 0 Å². The first kappa shape index (κ1) is 24.7. The summed E-state index contributed by atoms with van der Waals surface area (Å²) in [6, 6.07) is 11.1. The van der Waals surface area contributed by atoms with Crippen LogP contribution in [-0.2, 0) is 0 Å². The number of aromatic hydroxyl groups is 1. The number of likely N-dealkylation sites (tertiary alicyclic amines) is 1. The van der Waals surface area contributed by atoms with E-state index in [0.717, 1.165) is 44.0 Å². The van der Waals surface area contributed by atoms with Gasteiger partial charge in [0.2, 0.25) is 5.82 Å². The van der Waals surface area contributed by atoms with E-state index in [1.807, 2.05) is 29.2 Å². The van der Waals surface area contributed by atoms with Crippen molar-refractivity contribution in [3.8, 4) is 28.8 Å². The second-order valence-corrected chi connectivity index (χ2v) is 9.44. The van der Waals surface area contributed by atoms with Crippen LogP contribution in [0.1, 0.15) is 25.6 Å².